The Morgan fingerprint density at radius 3 is 2.84 bits per heavy atom. The van der Waals surface area contributed by atoms with Crippen molar-refractivity contribution in [3.8, 4) is 17.1 Å². The molecule has 0 saturated heterocycles. The molecule has 1 amide bonds. The average Bonchev–Trinajstić information content (AvgIpc) is 3.01. The molecular weight excluding hydrogens is 416 g/mol. The summed E-state index contributed by atoms with van der Waals surface area (Å²) in [6.07, 6.45) is 4.26. The highest BCUT2D eigenvalue weighted by Crippen LogP contribution is 2.31. The van der Waals surface area contributed by atoms with Crippen molar-refractivity contribution in [2.45, 2.75) is 39.2 Å². The second kappa shape index (κ2) is 9.31. The van der Waals surface area contributed by atoms with Crippen LogP contribution in [0.25, 0.3) is 11.4 Å². The van der Waals surface area contributed by atoms with Gasteiger partial charge < -0.3 is 14.6 Å². The monoisotopic (exact) mass is 438 g/mol. The van der Waals surface area contributed by atoms with Crippen LogP contribution in [-0.2, 0) is 17.8 Å². The SMILES string of the molecule is CC(=O)c1cccc(OCC(=O)Nc2ccc(Cl)c(-c3nnc4n3CCCCC4)c2)c1. The van der Waals surface area contributed by atoms with E-state index < -0.39 is 0 Å². The summed E-state index contributed by atoms with van der Waals surface area (Å²) in [7, 11) is 0. The number of carbonyl (C=O) groups excluding carboxylic acids is 2. The minimum absolute atomic E-state index is 0.0602. The van der Waals surface area contributed by atoms with Gasteiger partial charge in [-0.15, -0.1) is 10.2 Å². The van der Waals surface area contributed by atoms with E-state index in [1.54, 1.807) is 42.5 Å². The van der Waals surface area contributed by atoms with E-state index in [1.165, 1.54) is 13.3 Å². The minimum Gasteiger partial charge on any atom is -0.484 e. The summed E-state index contributed by atoms with van der Waals surface area (Å²) < 4.78 is 7.64. The molecule has 160 valence electrons. The van der Waals surface area contributed by atoms with E-state index in [-0.39, 0.29) is 18.3 Å². The van der Waals surface area contributed by atoms with Crippen LogP contribution in [0.4, 0.5) is 5.69 Å². The Balaban J connectivity index is 1.46. The number of aromatic nitrogens is 3. The maximum atomic E-state index is 12.4. The lowest BCUT2D eigenvalue weighted by molar-refractivity contribution is -0.118. The summed E-state index contributed by atoms with van der Waals surface area (Å²) in [6, 6.07) is 12.0. The molecule has 31 heavy (non-hydrogen) atoms. The fourth-order valence-corrected chi connectivity index (χ4v) is 3.81. The molecule has 7 nitrogen and oxygen atoms in total. The number of ether oxygens (including phenoxy) is 1. The van der Waals surface area contributed by atoms with Crippen LogP contribution in [0.3, 0.4) is 0 Å². The number of halogens is 1. The summed E-state index contributed by atoms with van der Waals surface area (Å²) >= 11 is 6.44. The Morgan fingerprint density at radius 1 is 1.13 bits per heavy atom. The lowest BCUT2D eigenvalue weighted by Crippen LogP contribution is -2.20. The molecule has 1 aliphatic rings. The predicted octanol–water partition coefficient (Wildman–Crippen LogP) is 4.55. The number of anilines is 1. The quantitative estimate of drug-likeness (QED) is 0.571. The first-order valence-corrected chi connectivity index (χ1v) is 10.6. The maximum Gasteiger partial charge on any atom is 0.262 e. The van der Waals surface area contributed by atoms with E-state index in [0.717, 1.165) is 43.0 Å². The van der Waals surface area contributed by atoms with E-state index in [4.69, 9.17) is 16.3 Å². The predicted molar refractivity (Wildman–Crippen MR) is 119 cm³/mol. The summed E-state index contributed by atoms with van der Waals surface area (Å²) in [5, 5.41) is 12.1. The first-order chi connectivity index (χ1) is 15.0. The molecule has 0 unspecified atom stereocenters. The first-order valence-electron chi connectivity index (χ1n) is 10.3. The van der Waals surface area contributed by atoms with Gasteiger partial charge in [0.2, 0.25) is 0 Å². The number of nitrogens with zero attached hydrogens (tertiary/aromatic N) is 3. The van der Waals surface area contributed by atoms with Gasteiger partial charge in [-0.05, 0) is 50.1 Å². The van der Waals surface area contributed by atoms with Crippen molar-refractivity contribution in [1.82, 2.24) is 14.8 Å². The molecule has 2 heterocycles. The number of hydrogen-bond acceptors (Lipinski definition) is 5. The van der Waals surface area contributed by atoms with Gasteiger partial charge in [0.1, 0.15) is 11.6 Å². The van der Waals surface area contributed by atoms with Crippen molar-refractivity contribution in [3.63, 3.8) is 0 Å². The number of nitrogens with one attached hydrogen (secondary N) is 1. The number of ketones is 1. The van der Waals surface area contributed by atoms with Crippen molar-refractivity contribution in [1.29, 1.82) is 0 Å². The third kappa shape index (κ3) is 4.94. The Bertz CT molecular complexity index is 1130. The van der Waals surface area contributed by atoms with Crippen molar-refractivity contribution < 1.29 is 14.3 Å². The standard InChI is InChI=1S/C23H23ClN4O3/c1-15(29)16-6-5-7-18(12-16)31-14-22(30)25-17-9-10-20(24)19(13-17)23-27-26-21-8-3-2-4-11-28(21)23/h5-7,9-10,12-13H,2-4,8,11,14H2,1H3,(H,25,30). The van der Waals surface area contributed by atoms with E-state index >= 15 is 0 Å². The van der Waals surface area contributed by atoms with Gasteiger partial charge in [-0.2, -0.15) is 0 Å². The fourth-order valence-electron chi connectivity index (χ4n) is 3.61. The Morgan fingerprint density at radius 2 is 2.00 bits per heavy atom. The second-order valence-electron chi connectivity index (χ2n) is 7.52. The van der Waals surface area contributed by atoms with E-state index in [0.29, 0.717) is 22.0 Å². The number of amides is 1. The zero-order valence-electron chi connectivity index (χ0n) is 17.2. The second-order valence-corrected chi connectivity index (χ2v) is 7.92. The molecule has 1 aliphatic heterocycles. The zero-order chi connectivity index (χ0) is 21.8. The smallest absolute Gasteiger partial charge is 0.262 e. The van der Waals surface area contributed by atoms with Gasteiger partial charge in [0.25, 0.3) is 5.91 Å². The molecule has 8 heteroatoms. The molecule has 0 aliphatic carbocycles. The molecule has 0 fully saturated rings. The van der Waals surface area contributed by atoms with E-state index in [1.807, 2.05) is 0 Å². The number of fused-ring (bicyclic) bond motifs is 1. The molecular formula is C23H23ClN4O3. The third-order valence-corrected chi connectivity index (χ3v) is 5.54. The highest BCUT2D eigenvalue weighted by molar-refractivity contribution is 6.33. The van der Waals surface area contributed by atoms with Crippen molar-refractivity contribution in [3.05, 3.63) is 58.9 Å². The number of carbonyl (C=O) groups is 2. The van der Waals surface area contributed by atoms with Crippen LogP contribution in [0.5, 0.6) is 5.75 Å². The number of Topliss-reactive ketones (excluding diaryl/α,β-unsaturated/α-hetero) is 1. The van der Waals surface area contributed by atoms with Gasteiger partial charge in [0.15, 0.2) is 18.2 Å². The molecule has 1 N–H and O–H groups in total. The maximum absolute atomic E-state index is 12.4. The van der Waals surface area contributed by atoms with Crippen LogP contribution in [0.15, 0.2) is 42.5 Å². The molecule has 2 aromatic carbocycles. The minimum atomic E-state index is -0.318. The lowest BCUT2D eigenvalue weighted by atomic mass is 10.1. The molecule has 1 aromatic heterocycles. The Kier molecular flexibility index (Phi) is 6.32. The molecule has 0 spiro atoms. The third-order valence-electron chi connectivity index (χ3n) is 5.21. The normalized spacial score (nSPS) is 13.2. The number of aryl methyl sites for hydroxylation is 1. The summed E-state index contributed by atoms with van der Waals surface area (Å²) in [5.74, 6) is 1.77. The van der Waals surface area contributed by atoms with Crippen molar-refractivity contribution in [2.24, 2.45) is 0 Å². The van der Waals surface area contributed by atoms with Gasteiger partial charge in [-0.1, -0.05) is 30.2 Å². The number of benzene rings is 2. The molecule has 0 atom stereocenters. The van der Waals surface area contributed by atoms with Crippen LogP contribution < -0.4 is 10.1 Å². The van der Waals surface area contributed by atoms with Crippen LogP contribution in [0, 0.1) is 0 Å². The van der Waals surface area contributed by atoms with Gasteiger partial charge in [-0.25, -0.2) is 0 Å². The topological polar surface area (TPSA) is 86.1 Å². The van der Waals surface area contributed by atoms with Gasteiger partial charge >= 0.3 is 0 Å². The Hall–Kier alpha value is -3.19. The van der Waals surface area contributed by atoms with Gasteiger partial charge in [-0.3, -0.25) is 9.59 Å². The molecule has 0 saturated carbocycles. The van der Waals surface area contributed by atoms with Crippen molar-refractivity contribution >= 4 is 29.0 Å². The zero-order valence-corrected chi connectivity index (χ0v) is 18.0. The highest BCUT2D eigenvalue weighted by atomic mass is 35.5. The van der Waals surface area contributed by atoms with Crippen molar-refractivity contribution in [2.75, 3.05) is 11.9 Å². The van der Waals surface area contributed by atoms with Gasteiger partial charge in [0.05, 0.1) is 5.02 Å². The fraction of sp³-hybridized carbons (Fsp3) is 0.304. The van der Waals surface area contributed by atoms with E-state index in [9.17, 15) is 9.59 Å². The largest absolute Gasteiger partial charge is 0.484 e. The van der Waals surface area contributed by atoms with Gasteiger partial charge in [0, 0.05) is 29.8 Å². The van der Waals surface area contributed by atoms with Crippen LogP contribution in [0.2, 0.25) is 5.02 Å². The Labute approximate surface area is 185 Å². The van der Waals surface area contributed by atoms with Crippen LogP contribution in [0.1, 0.15) is 42.4 Å². The molecule has 0 bridgehead atoms. The summed E-state index contributed by atoms with van der Waals surface area (Å²) in [5.41, 5.74) is 1.86. The number of hydrogen-bond donors (Lipinski definition) is 1. The first kappa shape index (κ1) is 21.1. The highest BCUT2D eigenvalue weighted by Gasteiger charge is 2.18. The molecule has 4 rings (SSSR count). The summed E-state index contributed by atoms with van der Waals surface area (Å²) in [4.78, 5) is 23.9. The van der Waals surface area contributed by atoms with E-state index in [2.05, 4.69) is 20.1 Å². The number of rotatable bonds is 6. The molecule has 0 radical (unpaired) electrons. The molecule has 3 aromatic rings. The van der Waals surface area contributed by atoms with Crippen LogP contribution in [-0.4, -0.2) is 33.1 Å². The van der Waals surface area contributed by atoms with Crippen LogP contribution >= 0.6 is 11.6 Å². The lowest BCUT2D eigenvalue weighted by Gasteiger charge is -2.12. The summed E-state index contributed by atoms with van der Waals surface area (Å²) in [6.45, 7) is 2.16. The average molecular weight is 439 g/mol.